The van der Waals surface area contributed by atoms with Crippen LogP contribution >= 0.6 is 0 Å². The summed E-state index contributed by atoms with van der Waals surface area (Å²) in [5, 5.41) is 3.21. The number of para-hydroxylation sites is 1. The highest BCUT2D eigenvalue weighted by Gasteiger charge is 2.24. The Labute approximate surface area is 168 Å². The molecule has 0 bridgehead atoms. The van der Waals surface area contributed by atoms with Crippen molar-refractivity contribution in [3.05, 3.63) is 81.0 Å². The molecule has 152 valence electrons. The van der Waals surface area contributed by atoms with Crippen LogP contribution in [0.25, 0.3) is 10.9 Å². The van der Waals surface area contributed by atoms with Crippen molar-refractivity contribution in [1.29, 1.82) is 0 Å². The minimum atomic E-state index is -0.730. The summed E-state index contributed by atoms with van der Waals surface area (Å²) in [6, 6.07) is 15.5. The minimum Gasteiger partial charge on any atom is -0.383 e. The van der Waals surface area contributed by atoms with Gasteiger partial charge >= 0.3 is 5.69 Å². The maximum atomic E-state index is 13.4. The SMILES string of the molecule is CC[C@@H](C(=O)NCCOC)n1c(=O)n(Cc2ccccc2)c(=O)c2ccccc21. The molecule has 1 aromatic heterocycles. The van der Waals surface area contributed by atoms with Gasteiger partial charge in [-0.3, -0.25) is 18.7 Å². The Morgan fingerprint density at radius 3 is 2.45 bits per heavy atom. The summed E-state index contributed by atoms with van der Waals surface area (Å²) < 4.78 is 7.61. The first-order valence-corrected chi connectivity index (χ1v) is 9.63. The maximum Gasteiger partial charge on any atom is 0.332 e. The number of fused-ring (bicyclic) bond motifs is 1. The lowest BCUT2D eigenvalue weighted by atomic mass is 10.1. The third-order valence-corrected chi connectivity index (χ3v) is 4.87. The Morgan fingerprint density at radius 1 is 1.07 bits per heavy atom. The zero-order chi connectivity index (χ0) is 20.8. The second-order valence-electron chi connectivity index (χ2n) is 6.75. The molecule has 7 heteroatoms. The topological polar surface area (TPSA) is 82.3 Å². The molecule has 1 amide bonds. The van der Waals surface area contributed by atoms with E-state index in [4.69, 9.17) is 4.74 Å². The first-order valence-electron chi connectivity index (χ1n) is 9.63. The van der Waals surface area contributed by atoms with Gasteiger partial charge in [-0.1, -0.05) is 49.4 Å². The van der Waals surface area contributed by atoms with Gasteiger partial charge in [0, 0.05) is 13.7 Å². The average Bonchev–Trinajstić information content (AvgIpc) is 2.75. The lowest BCUT2D eigenvalue weighted by Gasteiger charge is -2.21. The van der Waals surface area contributed by atoms with Crippen molar-refractivity contribution in [1.82, 2.24) is 14.5 Å². The molecule has 3 rings (SSSR count). The second-order valence-corrected chi connectivity index (χ2v) is 6.75. The molecule has 0 spiro atoms. The molecular formula is C22H25N3O4. The summed E-state index contributed by atoms with van der Waals surface area (Å²) in [4.78, 5) is 39.2. The van der Waals surface area contributed by atoms with E-state index >= 15 is 0 Å². The fraction of sp³-hybridized carbons (Fsp3) is 0.318. The van der Waals surface area contributed by atoms with Gasteiger partial charge in [-0.25, -0.2) is 4.79 Å². The van der Waals surface area contributed by atoms with E-state index in [9.17, 15) is 14.4 Å². The van der Waals surface area contributed by atoms with Gasteiger partial charge < -0.3 is 10.1 Å². The standard InChI is InChI=1S/C22H25N3O4/c1-3-18(20(26)23-13-14-29-2)25-19-12-8-7-11-17(19)21(27)24(22(25)28)15-16-9-5-4-6-10-16/h4-12,18H,3,13-15H2,1-2H3,(H,23,26)/t18-/m0/s1. The summed E-state index contributed by atoms with van der Waals surface area (Å²) in [5.74, 6) is -0.276. The highest BCUT2D eigenvalue weighted by atomic mass is 16.5. The fourth-order valence-corrected chi connectivity index (χ4v) is 3.42. The molecule has 7 nitrogen and oxygen atoms in total. The molecular weight excluding hydrogens is 370 g/mol. The zero-order valence-electron chi connectivity index (χ0n) is 16.6. The van der Waals surface area contributed by atoms with E-state index in [1.807, 2.05) is 37.3 Å². The van der Waals surface area contributed by atoms with Crippen molar-refractivity contribution >= 4 is 16.8 Å². The van der Waals surface area contributed by atoms with E-state index < -0.39 is 11.7 Å². The Kier molecular flexibility index (Phi) is 6.61. The van der Waals surface area contributed by atoms with Crippen LogP contribution in [0.4, 0.5) is 0 Å². The molecule has 1 heterocycles. The van der Waals surface area contributed by atoms with Gasteiger partial charge in [0.2, 0.25) is 5.91 Å². The lowest BCUT2D eigenvalue weighted by molar-refractivity contribution is -0.124. The largest absolute Gasteiger partial charge is 0.383 e. The Bertz CT molecular complexity index is 1100. The average molecular weight is 395 g/mol. The zero-order valence-corrected chi connectivity index (χ0v) is 16.6. The first kappa shape index (κ1) is 20.5. The molecule has 0 aliphatic rings. The van der Waals surface area contributed by atoms with Gasteiger partial charge in [0.1, 0.15) is 6.04 Å². The number of ether oxygens (including phenoxy) is 1. The summed E-state index contributed by atoms with van der Waals surface area (Å²) >= 11 is 0. The van der Waals surface area contributed by atoms with Crippen LogP contribution in [-0.4, -0.2) is 35.3 Å². The molecule has 0 saturated carbocycles. The van der Waals surface area contributed by atoms with Crippen LogP contribution in [0, 0.1) is 0 Å². The number of nitrogens with zero attached hydrogens (tertiary/aromatic N) is 2. The van der Waals surface area contributed by atoms with E-state index in [2.05, 4.69) is 5.32 Å². The predicted octanol–water partition coefficient (Wildman–Crippen LogP) is 1.93. The van der Waals surface area contributed by atoms with Crippen molar-refractivity contribution in [2.24, 2.45) is 0 Å². The molecule has 0 saturated heterocycles. The summed E-state index contributed by atoms with van der Waals surface area (Å²) in [6.45, 7) is 2.72. The number of nitrogens with one attached hydrogen (secondary N) is 1. The van der Waals surface area contributed by atoms with Gasteiger partial charge in [-0.15, -0.1) is 0 Å². The summed E-state index contributed by atoms with van der Waals surface area (Å²) in [5.41, 5.74) is 0.443. The predicted molar refractivity (Wildman–Crippen MR) is 112 cm³/mol. The van der Waals surface area contributed by atoms with Crippen molar-refractivity contribution in [3.63, 3.8) is 0 Å². The molecule has 29 heavy (non-hydrogen) atoms. The van der Waals surface area contributed by atoms with Gasteiger partial charge in [-0.2, -0.15) is 0 Å². The Hall–Kier alpha value is -3.19. The smallest absolute Gasteiger partial charge is 0.332 e. The molecule has 1 atom stereocenters. The third-order valence-electron chi connectivity index (χ3n) is 4.87. The lowest BCUT2D eigenvalue weighted by Crippen LogP contribution is -2.45. The van der Waals surface area contributed by atoms with Gasteiger partial charge in [0.15, 0.2) is 0 Å². The molecule has 1 N–H and O–H groups in total. The fourth-order valence-electron chi connectivity index (χ4n) is 3.42. The van der Waals surface area contributed by atoms with E-state index in [0.717, 1.165) is 5.56 Å². The van der Waals surface area contributed by atoms with Crippen molar-refractivity contribution in [2.75, 3.05) is 20.3 Å². The van der Waals surface area contributed by atoms with E-state index in [0.29, 0.717) is 30.5 Å². The molecule has 2 aromatic carbocycles. The number of benzene rings is 2. The van der Waals surface area contributed by atoms with Crippen LogP contribution in [-0.2, 0) is 16.1 Å². The van der Waals surface area contributed by atoms with Crippen LogP contribution in [0.3, 0.4) is 0 Å². The van der Waals surface area contributed by atoms with Crippen LogP contribution < -0.4 is 16.6 Å². The normalized spacial score (nSPS) is 12.1. The van der Waals surface area contributed by atoms with Gasteiger partial charge in [-0.05, 0) is 24.1 Å². The molecule has 0 unspecified atom stereocenters. The van der Waals surface area contributed by atoms with Crippen molar-refractivity contribution in [3.8, 4) is 0 Å². The molecule has 0 fully saturated rings. The first-order chi connectivity index (χ1) is 14.1. The number of amides is 1. The van der Waals surface area contributed by atoms with Crippen LogP contribution in [0.5, 0.6) is 0 Å². The van der Waals surface area contributed by atoms with Crippen molar-refractivity contribution < 1.29 is 9.53 Å². The Balaban J connectivity index is 2.16. The number of hydrogen-bond acceptors (Lipinski definition) is 4. The number of carbonyl (C=O) groups is 1. The van der Waals surface area contributed by atoms with E-state index in [1.165, 1.54) is 9.13 Å². The number of hydrogen-bond donors (Lipinski definition) is 1. The minimum absolute atomic E-state index is 0.144. The summed E-state index contributed by atoms with van der Waals surface area (Å²) in [7, 11) is 1.56. The molecule has 3 aromatic rings. The van der Waals surface area contributed by atoms with Gasteiger partial charge in [0.05, 0.1) is 24.1 Å². The van der Waals surface area contributed by atoms with Crippen molar-refractivity contribution in [2.45, 2.75) is 25.9 Å². The highest BCUT2D eigenvalue weighted by Crippen LogP contribution is 2.16. The van der Waals surface area contributed by atoms with E-state index in [1.54, 1.807) is 31.4 Å². The number of methoxy groups -OCH3 is 1. The number of carbonyl (C=O) groups excluding carboxylic acids is 1. The number of rotatable bonds is 8. The van der Waals surface area contributed by atoms with E-state index in [-0.39, 0.29) is 18.0 Å². The van der Waals surface area contributed by atoms with Crippen LogP contribution in [0.1, 0.15) is 24.9 Å². The Morgan fingerprint density at radius 2 is 1.76 bits per heavy atom. The van der Waals surface area contributed by atoms with Gasteiger partial charge in [0.25, 0.3) is 5.56 Å². The summed E-state index contributed by atoms with van der Waals surface area (Å²) in [6.07, 6.45) is 0.409. The number of aromatic nitrogens is 2. The van der Waals surface area contributed by atoms with Crippen LogP contribution in [0.2, 0.25) is 0 Å². The molecule has 0 radical (unpaired) electrons. The monoisotopic (exact) mass is 395 g/mol. The quantitative estimate of drug-likeness (QED) is 0.591. The maximum absolute atomic E-state index is 13.4. The molecule has 0 aliphatic heterocycles. The third kappa shape index (κ3) is 4.30. The van der Waals surface area contributed by atoms with Crippen LogP contribution in [0.15, 0.2) is 64.2 Å². The highest BCUT2D eigenvalue weighted by molar-refractivity contribution is 5.84. The second kappa shape index (κ2) is 9.34. The molecule has 0 aliphatic carbocycles.